The van der Waals surface area contributed by atoms with Crippen LogP contribution in [0.5, 0.6) is 0 Å². The maximum atomic E-state index is 4.31. The Labute approximate surface area is 102 Å². The summed E-state index contributed by atoms with van der Waals surface area (Å²) in [5.41, 5.74) is 2.53. The lowest BCUT2D eigenvalue weighted by molar-refractivity contribution is 0.808. The number of hydrogen-bond donors (Lipinski definition) is 1. The minimum atomic E-state index is 1.01. The molecule has 0 aliphatic rings. The molecule has 88 valence electrons. The van der Waals surface area contributed by atoms with Gasteiger partial charge in [0.15, 0.2) is 0 Å². The van der Waals surface area contributed by atoms with Crippen molar-refractivity contribution in [3.63, 3.8) is 0 Å². The van der Waals surface area contributed by atoms with Crippen molar-refractivity contribution in [2.75, 3.05) is 13.6 Å². The van der Waals surface area contributed by atoms with Crippen LogP contribution in [0.4, 0.5) is 0 Å². The quantitative estimate of drug-likeness (QED) is 0.809. The van der Waals surface area contributed by atoms with E-state index in [1.807, 2.05) is 25.5 Å². The second kappa shape index (κ2) is 5.60. The van der Waals surface area contributed by atoms with Crippen LogP contribution in [0.1, 0.15) is 18.9 Å². The van der Waals surface area contributed by atoms with Crippen LogP contribution >= 0.6 is 0 Å². The highest BCUT2D eigenvalue weighted by Crippen LogP contribution is 2.23. The number of nitrogens with zero attached hydrogens (tertiary/aromatic N) is 1. The van der Waals surface area contributed by atoms with Gasteiger partial charge < -0.3 is 5.32 Å². The van der Waals surface area contributed by atoms with Crippen molar-refractivity contribution >= 4 is 16.3 Å². The first-order chi connectivity index (χ1) is 8.33. The molecule has 1 heterocycles. The number of nitrogens with one attached hydrogen (secondary N) is 1. The van der Waals surface area contributed by atoms with Gasteiger partial charge in [0.2, 0.25) is 0 Å². The lowest BCUT2D eigenvalue weighted by atomic mass is 10.0. The van der Waals surface area contributed by atoms with Crippen LogP contribution in [0.3, 0.4) is 0 Å². The zero-order valence-electron chi connectivity index (χ0n) is 10.4. The van der Waals surface area contributed by atoms with Gasteiger partial charge in [-0.1, -0.05) is 30.3 Å². The third kappa shape index (κ3) is 2.71. The van der Waals surface area contributed by atoms with E-state index >= 15 is 0 Å². The lowest BCUT2D eigenvalue weighted by Crippen LogP contribution is -2.06. The molecule has 17 heavy (non-hydrogen) atoms. The van der Waals surface area contributed by atoms with Gasteiger partial charge in [0.05, 0.1) is 0 Å². The predicted octanol–water partition coefficient (Wildman–Crippen LogP) is 3.25. The zero-order valence-corrected chi connectivity index (χ0v) is 10.4. The second-order valence-electron chi connectivity index (χ2n) is 4.19. The molecule has 0 aliphatic carbocycles. The fourth-order valence-electron chi connectivity index (χ4n) is 1.97. The molecule has 0 spiro atoms. The summed E-state index contributed by atoms with van der Waals surface area (Å²) >= 11 is 0. The number of fused-ring (bicyclic) bond motifs is 1. The molecule has 0 amide bonds. The number of allylic oxidation sites excluding steroid dienone is 1. The highest BCUT2D eigenvalue weighted by Gasteiger charge is 2.02. The second-order valence-corrected chi connectivity index (χ2v) is 4.19. The number of hydrogen-bond acceptors (Lipinski definition) is 2. The molecule has 2 aromatic rings. The SMILES string of the molecule is CNCCC=C(C)c1cncc2ccccc12. The third-order valence-electron chi connectivity index (χ3n) is 2.94. The number of aromatic nitrogens is 1. The van der Waals surface area contributed by atoms with E-state index in [-0.39, 0.29) is 0 Å². The first-order valence-corrected chi connectivity index (χ1v) is 5.97. The molecule has 0 atom stereocenters. The van der Waals surface area contributed by atoms with Crippen LogP contribution in [0.25, 0.3) is 16.3 Å². The summed E-state index contributed by atoms with van der Waals surface area (Å²) in [6, 6.07) is 8.38. The predicted molar refractivity (Wildman–Crippen MR) is 73.9 cm³/mol. The molecule has 2 rings (SSSR count). The standard InChI is InChI=1S/C15H18N2/c1-12(6-5-9-16-2)15-11-17-10-13-7-3-4-8-14(13)15/h3-4,6-8,10-11,16H,5,9H2,1-2H3. The van der Waals surface area contributed by atoms with E-state index in [9.17, 15) is 0 Å². The maximum Gasteiger partial charge on any atom is 0.0349 e. The van der Waals surface area contributed by atoms with Crippen molar-refractivity contribution in [2.24, 2.45) is 0 Å². The fraction of sp³-hybridized carbons (Fsp3) is 0.267. The van der Waals surface area contributed by atoms with E-state index < -0.39 is 0 Å². The molecule has 0 radical (unpaired) electrons. The molecule has 0 aliphatic heterocycles. The summed E-state index contributed by atoms with van der Waals surface area (Å²) in [5.74, 6) is 0. The molecule has 0 saturated heterocycles. The van der Waals surface area contributed by atoms with Crippen molar-refractivity contribution in [2.45, 2.75) is 13.3 Å². The molecule has 1 aromatic heterocycles. The Morgan fingerprint density at radius 3 is 2.94 bits per heavy atom. The molecular formula is C15H18N2. The van der Waals surface area contributed by atoms with Crippen LogP contribution in [0, 0.1) is 0 Å². The first kappa shape index (κ1) is 11.8. The Balaban J connectivity index is 2.38. The zero-order chi connectivity index (χ0) is 12.1. The Morgan fingerprint density at radius 2 is 2.12 bits per heavy atom. The van der Waals surface area contributed by atoms with Gasteiger partial charge in [-0.25, -0.2) is 0 Å². The minimum Gasteiger partial charge on any atom is -0.319 e. The topological polar surface area (TPSA) is 24.9 Å². The number of pyridine rings is 1. The van der Waals surface area contributed by atoms with Crippen molar-refractivity contribution < 1.29 is 0 Å². The molecule has 0 saturated carbocycles. The largest absolute Gasteiger partial charge is 0.319 e. The van der Waals surface area contributed by atoms with Gasteiger partial charge in [-0.2, -0.15) is 0 Å². The average molecular weight is 226 g/mol. The van der Waals surface area contributed by atoms with Crippen molar-refractivity contribution in [1.82, 2.24) is 10.3 Å². The van der Waals surface area contributed by atoms with E-state index in [0.29, 0.717) is 0 Å². The molecule has 0 unspecified atom stereocenters. The summed E-state index contributed by atoms with van der Waals surface area (Å²) in [6.45, 7) is 3.16. The van der Waals surface area contributed by atoms with Gasteiger partial charge >= 0.3 is 0 Å². The van der Waals surface area contributed by atoms with Crippen LogP contribution in [0.15, 0.2) is 42.7 Å². The number of rotatable bonds is 4. The maximum absolute atomic E-state index is 4.31. The van der Waals surface area contributed by atoms with Gasteiger partial charge in [-0.05, 0) is 37.9 Å². The van der Waals surface area contributed by atoms with Crippen LogP contribution in [-0.4, -0.2) is 18.6 Å². The fourth-order valence-corrected chi connectivity index (χ4v) is 1.97. The van der Waals surface area contributed by atoms with Crippen LogP contribution in [-0.2, 0) is 0 Å². The molecule has 1 aromatic carbocycles. The van der Waals surface area contributed by atoms with Crippen molar-refractivity contribution in [3.8, 4) is 0 Å². The van der Waals surface area contributed by atoms with Crippen molar-refractivity contribution in [1.29, 1.82) is 0 Å². The van der Waals surface area contributed by atoms with E-state index in [2.05, 4.69) is 41.5 Å². The normalized spacial score (nSPS) is 12.0. The Kier molecular flexibility index (Phi) is 3.89. The van der Waals surface area contributed by atoms with Gasteiger partial charge in [0.25, 0.3) is 0 Å². The average Bonchev–Trinajstić information content (AvgIpc) is 2.38. The molecule has 2 heteroatoms. The Bertz CT molecular complexity index is 524. The van der Waals surface area contributed by atoms with Gasteiger partial charge in [0.1, 0.15) is 0 Å². The van der Waals surface area contributed by atoms with Crippen LogP contribution < -0.4 is 5.32 Å². The summed E-state index contributed by atoms with van der Waals surface area (Å²) in [4.78, 5) is 4.31. The number of benzene rings is 1. The Morgan fingerprint density at radius 1 is 1.29 bits per heavy atom. The lowest BCUT2D eigenvalue weighted by Gasteiger charge is -2.06. The van der Waals surface area contributed by atoms with Crippen LogP contribution in [0.2, 0.25) is 0 Å². The van der Waals surface area contributed by atoms with Gasteiger partial charge in [-0.15, -0.1) is 0 Å². The highest BCUT2D eigenvalue weighted by atomic mass is 14.8. The molecule has 0 bridgehead atoms. The summed E-state index contributed by atoms with van der Waals surface area (Å²) in [7, 11) is 1.97. The summed E-state index contributed by atoms with van der Waals surface area (Å²) < 4.78 is 0. The van der Waals surface area contributed by atoms with E-state index in [0.717, 1.165) is 13.0 Å². The molecule has 0 fully saturated rings. The van der Waals surface area contributed by atoms with Gasteiger partial charge in [0, 0.05) is 23.3 Å². The van der Waals surface area contributed by atoms with E-state index in [4.69, 9.17) is 0 Å². The molecule has 1 N–H and O–H groups in total. The highest BCUT2D eigenvalue weighted by molar-refractivity contribution is 5.92. The minimum absolute atomic E-state index is 1.01. The monoisotopic (exact) mass is 226 g/mol. The molecular weight excluding hydrogens is 208 g/mol. The summed E-state index contributed by atoms with van der Waals surface area (Å²) in [5, 5.41) is 5.63. The molecule has 2 nitrogen and oxygen atoms in total. The smallest absolute Gasteiger partial charge is 0.0349 e. The first-order valence-electron chi connectivity index (χ1n) is 5.97. The third-order valence-corrected chi connectivity index (χ3v) is 2.94. The van der Waals surface area contributed by atoms with E-state index in [1.165, 1.54) is 21.9 Å². The summed E-state index contributed by atoms with van der Waals surface area (Å²) in [6.07, 6.45) is 7.18. The Hall–Kier alpha value is -1.67. The van der Waals surface area contributed by atoms with Crippen molar-refractivity contribution in [3.05, 3.63) is 48.3 Å². The van der Waals surface area contributed by atoms with Gasteiger partial charge in [-0.3, -0.25) is 4.98 Å². The van der Waals surface area contributed by atoms with E-state index in [1.54, 1.807) is 0 Å².